The van der Waals surface area contributed by atoms with Crippen LogP contribution in [0.15, 0.2) is 58.1 Å². The molecule has 0 bridgehead atoms. The van der Waals surface area contributed by atoms with Crippen molar-refractivity contribution < 1.29 is 18.4 Å². The van der Waals surface area contributed by atoms with Crippen molar-refractivity contribution in [2.75, 3.05) is 10.6 Å². The molecule has 2 aromatic carbocycles. The predicted octanol–water partition coefficient (Wildman–Crippen LogP) is 2.12. The van der Waals surface area contributed by atoms with Gasteiger partial charge in [-0.2, -0.15) is 0 Å². The minimum Gasteiger partial charge on any atom is -0.325 e. The van der Waals surface area contributed by atoms with Gasteiger partial charge in [0.25, 0.3) is 5.56 Å². The van der Waals surface area contributed by atoms with Gasteiger partial charge in [-0.3, -0.25) is 23.9 Å². The van der Waals surface area contributed by atoms with E-state index in [-0.39, 0.29) is 30.0 Å². The number of benzene rings is 2. The van der Waals surface area contributed by atoms with E-state index in [4.69, 9.17) is 0 Å². The van der Waals surface area contributed by atoms with E-state index in [2.05, 4.69) is 15.6 Å². The third kappa shape index (κ3) is 4.20. The Labute approximate surface area is 179 Å². The molecule has 3 N–H and O–H groups in total. The van der Waals surface area contributed by atoms with Crippen molar-refractivity contribution in [3.05, 3.63) is 92.1 Å². The molecule has 0 saturated carbocycles. The van der Waals surface area contributed by atoms with Gasteiger partial charge in [-0.25, -0.2) is 13.6 Å². The summed E-state index contributed by atoms with van der Waals surface area (Å²) in [6.45, 7) is 0.153. The number of aryl methyl sites for hydroxylation is 1. The molecule has 2 heterocycles. The van der Waals surface area contributed by atoms with Crippen LogP contribution in [0.25, 0.3) is 0 Å². The summed E-state index contributed by atoms with van der Waals surface area (Å²) in [6, 6.07) is 12.1. The summed E-state index contributed by atoms with van der Waals surface area (Å²) in [5.41, 5.74) is -0.681. The van der Waals surface area contributed by atoms with Crippen LogP contribution in [-0.2, 0) is 22.6 Å². The van der Waals surface area contributed by atoms with Crippen LogP contribution in [0.5, 0.6) is 0 Å². The van der Waals surface area contributed by atoms with Gasteiger partial charge in [-0.15, -0.1) is 0 Å². The van der Waals surface area contributed by atoms with Crippen molar-refractivity contribution in [3.63, 3.8) is 0 Å². The van der Waals surface area contributed by atoms with Crippen molar-refractivity contribution in [2.45, 2.75) is 25.3 Å². The highest BCUT2D eigenvalue weighted by Crippen LogP contribution is 2.30. The van der Waals surface area contributed by atoms with Crippen LogP contribution in [0.4, 0.5) is 20.3 Å². The van der Waals surface area contributed by atoms with E-state index in [1.54, 1.807) is 0 Å². The van der Waals surface area contributed by atoms with Crippen LogP contribution in [0.2, 0.25) is 0 Å². The molecular formula is C22H18F2N4O4. The molecule has 0 radical (unpaired) electrons. The Morgan fingerprint density at radius 3 is 2.53 bits per heavy atom. The third-order valence-electron chi connectivity index (χ3n) is 5.20. The SMILES string of the molecule is O=C1CC(C(=O)Nc2ccc(F)c(F)c2)c2c(n(CCc3ccccc3)c(=O)[nH]c2=O)N1. The van der Waals surface area contributed by atoms with Gasteiger partial charge >= 0.3 is 5.69 Å². The molecule has 2 amide bonds. The summed E-state index contributed by atoms with van der Waals surface area (Å²) >= 11 is 0. The number of carbonyl (C=O) groups excluding carboxylic acids is 2. The van der Waals surface area contributed by atoms with Crippen LogP contribution >= 0.6 is 0 Å². The summed E-state index contributed by atoms with van der Waals surface area (Å²) in [4.78, 5) is 52.4. The second kappa shape index (κ2) is 8.58. The van der Waals surface area contributed by atoms with Crippen molar-refractivity contribution in [1.29, 1.82) is 0 Å². The van der Waals surface area contributed by atoms with Crippen LogP contribution in [-0.4, -0.2) is 21.4 Å². The lowest BCUT2D eigenvalue weighted by Gasteiger charge is -2.26. The van der Waals surface area contributed by atoms with Crippen LogP contribution in [0, 0.1) is 11.6 Å². The second-order valence-electron chi connectivity index (χ2n) is 7.33. The molecule has 4 rings (SSSR count). The summed E-state index contributed by atoms with van der Waals surface area (Å²) in [5.74, 6) is -4.82. The molecule has 1 aromatic heterocycles. The summed E-state index contributed by atoms with van der Waals surface area (Å²) in [6.07, 6.45) is 0.100. The van der Waals surface area contributed by atoms with Gasteiger partial charge < -0.3 is 10.6 Å². The number of H-pyrrole nitrogens is 1. The monoisotopic (exact) mass is 440 g/mol. The summed E-state index contributed by atoms with van der Waals surface area (Å²) in [7, 11) is 0. The van der Waals surface area contributed by atoms with Gasteiger partial charge in [0.05, 0.1) is 11.5 Å². The number of anilines is 2. The van der Waals surface area contributed by atoms with E-state index in [1.165, 1.54) is 4.57 Å². The zero-order valence-electron chi connectivity index (χ0n) is 16.7. The molecule has 10 heteroatoms. The first-order valence-corrected chi connectivity index (χ1v) is 9.80. The Morgan fingerprint density at radius 1 is 1.06 bits per heavy atom. The zero-order valence-corrected chi connectivity index (χ0v) is 16.7. The number of carbonyl (C=O) groups is 2. The maximum absolute atomic E-state index is 13.5. The minimum absolute atomic E-state index is 0.0322. The largest absolute Gasteiger partial charge is 0.329 e. The lowest BCUT2D eigenvalue weighted by molar-refractivity contribution is -0.123. The fourth-order valence-corrected chi connectivity index (χ4v) is 3.64. The normalized spacial score (nSPS) is 15.1. The number of nitrogens with zero attached hydrogens (tertiary/aromatic N) is 1. The fourth-order valence-electron chi connectivity index (χ4n) is 3.64. The van der Waals surface area contributed by atoms with E-state index in [0.717, 1.165) is 23.8 Å². The van der Waals surface area contributed by atoms with E-state index in [9.17, 15) is 28.0 Å². The molecule has 1 aliphatic rings. The van der Waals surface area contributed by atoms with Gasteiger partial charge in [0, 0.05) is 24.7 Å². The molecular weight excluding hydrogens is 422 g/mol. The molecule has 8 nitrogen and oxygen atoms in total. The Balaban J connectivity index is 1.68. The Bertz CT molecular complexity index is 1320. The van der Waals surface area contributed by atoms with Gasteiger partial charge in [-0.05, 0) is 24.1 Å². The number of nitrogens with one attached hydrogen (secondary N) is 3. The van der Waals surface area contributed by atoms with Crippen LogP contribution < -0.4 is 21.9 Å². The number of amides is 2. The van der Waals surface area contributed by atoms with Gasteiger partial charge in [0.15, 0.2) is 11.6 Å². The highest BCUT2D eigenvalue weighted by atomic mass is 19.2. The predicted molar refractivity (Wildman–Crippen MR) is 112 cm³/mol. The number of hydrogen-bond donors (Lipinski definition) is 3. The van der Waals surface area contributed by atoms with Crippen molar-refractivity contribution in [2.24, 2.45) is 0 Å². The van der Waals surface area contributed by atoms with Crippen molar-refractivity contribution in [1.82, 2.24) is 9.55 Å². The summed E-state index contributed by atoms with van der Waals surface area (Å²) in [5, 5.41) is 4.92. The van der Waals surface area contributed by atoms with Gasteiger partial charge in [0.1, 0.15) is 5.82 Å². The molecule has 1 atom stereocenters. The average Bonchev–Trinajstić information content (AvgIpc) is 2.76. The average molecular weight is 440 g/mol. The molecule has 3 aromatic rings. The van der Waals surface area contributed by atoms with Crippen molar-refractivity contribution in [3.8, 4) is 0 Å². The number of fused-ring (bicyclic) bond motifs is 1. The van der Waals surface area contributed by atoms with Gasteiger partial charge in [-0.1, -0.05) is 30.3 Å². The Kier molecular flexibility index (Phi) is 5.67. The van der Waals surface area contributed by atoms with E-state index < -0.39 is 40.6 Å². The fraction of sp³-hybridized carbons (Fsp3) is 0.182. The maximum atomic E-state index is 13.5. The van der Waals surface area contributed by atoms with E-state index >= 15 is 0 Å². The zero-order chi connectivity index (χ0) is 22.8. The summed E-state index contributed by atoms with van der Waals surface area (Å²) < 4.78 is 27.8. The Morgan fingerprint density at radius 2 is 1.81 bits per heavy atom. The van der Waals surface area contributed by atoms with E-state index in [0.29, 0.717) is 6.42 Å². The lowest BCUT2D eigenvalue weighted by atomic mass is 9.92. The molecule has 32 heavy (non-hydrogen) atoms. The molecule has 0 fully saturated rings. The molecule has 0 aliphatic carbocycles. The number of rotatable bonds is 5. The molecule has 0 spiro atoms. The third-order valence-corrected chi connectivity index (χ3v) is 5.20. The molecule has 164 valence electrons. The highest BCUT2D eigenvalue weighted by Gasteiger charge is 2.35. The topological polar surface area (TPSA) is 113 Å². The number of aromatic amines is 1. The molecule has 0 saturated heterocycles. The number of halogens is 2. The smallest absolute Gasteiger partial charge is 0.325 e. The van der Waals surface area contributed by atoms with Gasteiger partial charge in [0.2, 0.25) is 11.8 Å². The Hall–Kier alpha value is -4.08. The maximum Gasteiger partial charge on any atom is 0.329 e. The molecule has 1 unspecified atom stereocenters. The lowest BCUT2D eigenvalue weighted by Crippen LogP contribution is -2.42. The number of hydrogen-bond acceptors (Lipinski definition) is 4. The number of aromatic nitrogens is 2. The van der Waals surface area contributed by atoms with Crippen LogP contribution in [0.3, 0.4) is 0 Å². The van der Waals surface area contributed by atoms with E-state index in [1.807, 2.05) is 30.3 Å². The first kappa shape index (κ1) is 21.2. The minimum atomic E-state index is -1.22. The van der Waals surface area contributed by atoms with Crippen LogP contribution in [0.1, 0.15) is 23.5 Å². The molecule has 1 aliphatic heterocycles. The second-order valence-corrected chi connectivity index (χ2v) is 7.33. The highest BCUT2D eigenvalue weighted by molar-refractivity contribution is 6.04. The first-order valence-electron chi connectivity index (χ1n) is 9.80. The quantitative estimate of drug-likeness (QED) is 0.564. The standard InChI is InChI=1S/C22H18F2N4O4/c23-15-7-6-13(10-16(15)24)25-20(30)14-11-17(29)26-19-18(14)21(31)27-22(32)28(19)9-8-12-4-2-1-3-5-12/h1-7,10,14H,8-9,11H2,(H,25,30)(H,26,29)(H,27,31,32). The first-order chi connectivity index (χ1) is 15.3. The van der Waals surface area contributed by atoms with Crippen molar-refractivity contribution >= 4 is 23.3 Å².